The standard InChI is InChI=1S/C9H18N2O3S/c1-7(2)15(13,14)11-9(12)8-3-5-10-6-4-8/h7-8,10H,3-6H2,1-2H3,(H,11,12). The summed E-state index contributed by atoms with van der Waals surface area (Å²) in [7, 11) is -3.47. The summed E-state index contributed by atoms with van der Waals surface area (Å²) in [5.74, 6) is -0.523. The molecule has 0 radical (unpaired) electrons. The van der Waals surface area contributed by atoms with Gasteiger partial charge in [-0.05, 0) is 39.8 Å². The zero-order valence-electron chi connectivity index (χ0n) is 9.12. The quantitative estimate of drug-likeness (QED) is 0.711. The monoisotopic (exact) mass is 234 g/mol. The molecule has 0 saturated carbocycles. The molecule has 0 bridgehead atoms. The van der Waals surface area contributed by atoms with E-state index in [-0.39, 0.29) is 11.8 Å². The maximum Gasteiger partial charge on any atom is 0.237 e. The number of carbonyl (C=O) groups excluding carboxylic acids is 1. The summed E-state index contributed by atoms with van der Waals surface area (Å²) in [5, 5.41) is 2.56. The summed E-state index contributed by atoms with van der Waals surface area (Å²) in [6.45, 7) is 4.66. The number of nitrogens with one attached hydrogen (secondary N) is 2. The zero-order valence-corrected chi connectivity index (χ0v) is 9.93. The molecule has 1 aliphatic rings. The van der Waals surface area contributed by atoms with Gasteiger partial charge in [-0.15, -0.1) is 0 Å². The fourth-order valence-corrected chi connectivity index (χ4v) is 2.11. The van der Waals surface area contributed by atoms with E-state index in [1.165, 1.54) is 0 Å². The van der Waals surface area contributed by atoms with Crippen LogP contribution in [0.5, 0.6) is 0 Å². The van der Waals surface area contributed by atoms with Gasteiger partial charge in [-0.1, -0.05) is 0 Å². The lowest BCUT2D eigenvalue weighted by atomic mass is 9.98. The second-order valence-corrected chi connectivity index (χ2v) is 6.32. The van der Waals surface area contributed by atoms with E-state index in [1.54, 1.807) is 13.8 Å². The highest BCUT2D eigenvalue weighted by molar-refractivity contribution is 7.90. The Morgan fingerprint density at radius 3 is 2.33 bits per heavy atom. The first-order chi connectivity index (χ1) is 6.93. The fourth-order valence-electron chi connectivity index (χ4n) is 1.43. The number of hydrogen-bond acceptors (Lipinski definition) is 4. The fraction of sp³-hybridized carbons (Fsp3) is 0.889. The molecule has 2 N–H and O–H groups in total. The van der Waals surface area contributed by atoms with Crippen LogP contribution in [0.15, 0.2) is 0 Å². The van der Waals surface area contributed by atoms with Crippen LogP contribution in [0.3, 0.4) is 0 Å². The minimum Gasteiger partial charge on any atom is -0.317 e. The highest BCUT2D eigenvalue weighted by Crippen LogP contribution is 2.12. The molecule has 5 nitrogen and oxygen atoms in total. The van der Waals surface area contributed by atoms with E-state index in [4.69, 9.17) is 0 Å². The summed E-state index contributed by atoms with van der Waals surface area (Å²) in [6, 6.07) is 0. The highest BCUT2D eigenvalue weighted by atomic mass is 32.2. The average Bonchev–Trinajstić information content (AvgIpc) is 2.18. The van der Waals surface area contributed by atoms with Crippen molar-refractivity contribution in [1.82, 2.24) is 10.0 Å². The molecule has 1 heterocycles. The van der Waals surface area contributed by atoms with Crippen molar-refractivity contribution in [3.63, 3.8) is 0 Å². The van der Waals surface area contributed by atoms with Gasteiger partial charge in [0.25, 0.3) is 0 Å². The molecule has 15 heavy (non-hydrogen) atoms. The van der Waals surface area contributed by atoms with Gasteiger partial charge in [-0.25, -0.2) is 8.42 Å². The zero-order chi connectivity index (χ0) is 11.5. The lowest BCUT2D eigenvalue weighted by Gasteiger charge is -2.22. The van der Waals surface area contributed by atoms with Gasteiger partial charge in [0.2, 0.25) is 15.9 Å². The summed E-state index contributed by atoms with van der Waals surface area (Å²) in [5.41, 5.74) is 0. The minimum atomic E-state index is -3.47. The highest BCUT2D eigenvalue weighted by Gasteiger charge is 2.26. The summed E-state index contributed by atoms with van der Waals surface area (Å²) in [4.78, 5) is 11.6. The molecule has 0 unspecified atom stereocenters. The predicted molar refractivity (Wildman–Crippen MR) is 57.8 cm³/mol. The van der Waals surface area contributed by atoms with E-state index in [0.717, 1.165) is 13.1 Å². The van der Waals surface area contributed by atoms with E-state index in [9.17, 15) is 13.2 Å². The third-order valence-electron chi connectivity index (χ3n) is 2.57. The Bertz CT molecular complexity index is 318. The Labute approximate surface area is 90.7 Å². The Balaban J connectivity index is 2.55. The van der Waals surface area contributed by atoms with Gasteiger partial charge >= 0.3 is 0 Å². The third kappa shape index (κ3) is 3.46. The number of hydrogen-bond donors (Lipinski definition) is 2. The Hall–Kier alpha value is -0.620. The van der Waals surface area contributed by atoms with Crippen molar-refractivity contribution in [2.45, 2.75) is 31.9 Å². The van der Waals surface area contributed by atoms with Crippen LogP contribution in [0.1, 0.15) is 26.7 Å². The van der Waals surface area contributed by atoms with Crippen molar-refractivity contribution in [3.05, 3.63) is 0 Å². The SMILES string of the molecule is CC(C)S(=O)(=O)NC(=O)C1CCNCC1. The second kappa shape index (κ2) is 4.94. The first kappa shape index (κ1) is 12.4. The van der Waals surface area contributed by atoms with Crippen molar-refractivity contribution < 1.29 is 13.2 Å². The molecule has 1 amide bonds. The van der Waals surface area contributed by atoms with Crippen LogP contribution < -0.4 is 10.0 Å². The van der Waals surface area contributed by atoms with Gasteiger partial charge in [-0.3, -0.25) is 9.52 Å². The van der Waals surface area contributed by atoms with Crippen molar-refractivity contribution in [2.24, 2.45) is 5.92 Å². The van der Waals surface area contributed by atoms with Crippen molar-refractivity contribution in [2.75, 3.05) is 13.1 Å². The molecule has 1 aliphatic heterocycles. The molecule has 0 aromatic rings. The molecular formula is C9H18N2O3S. The van der Waals surface area contributed by atoms with Crippen LogP contribution in [-0.4, -0.2) is 32.7 Å². The molecule has 0 atom stereocenters. The van der Waals surface area contributed by atoms with Crippen molar-refractivity contribution in [1.29, 1.82) is 0 Å². The van der Waals surface area contributed by atoms with Gasteiger partial charge in [0.05, 0.1) is 5.25 Å². The molecule has 1 fully saturated rings. The topological polar surface area (TPSA) is 75.3 Å². The van der Waals surface area contributed by atoms with Crippen LogP contribution in [0.2, 0.25) is 0 Å². The molecule has 0 aromatic heterocycles. The van der Waals surface area contributed by atoms with Crippen LogP contribution in [0.4, 0.5) is 0 Å². The summed E-state index contributed by atoms with van der Waals surface area (Å²) in [6.07, 6.45) is 1.42. The maximum absolute atomic E-state index is 11.6. The number of piperidine rings is 1. The first-order valence-corrected chi connectivity index (χ1v) is 6.74. The van der Waals surface area contributed by atoms with Crippen LogP contribution in [0.25, 0.3) is 0 Å². The van der Waals surface area contributed by atoms with Crippen molar-refractivity contribution in [3.8, 4) is 0 Å². The van der Waals surface area contributed by atoms with Crippen LogP contribution >= 0.6 is 0 Å². The van der Waals surface area contributed by atoms with Gasteiger partial charge in [0.1, 0.15) is 0 Å². The molecular weight excluding hydrogens is 216 g/mol. The van der Waals surface area contributed by atoms with E-state index in [0.29, 0.717) is 12.8 Å². The van der Waals surface area contributed by atoms with E-state index >= 15 is 0 Å². The molecule has 1 rings (SSSR count). The largest absolute Gasteiger partial charge is 0.317 e. The predicted octanol–water partition coefficient (Wildman–Crippen LogP) is -0.160. The van der Waals surface area contributed by atoms with E-state index in [2.05, 4.69) is 10.0 Å². The molecule has 0 spiro atoms. The van der Waals surface area contributed by atoms with Gasteiger partial charge < -0.3 is 5.32 Å². The lowest BCUT2D eigenvalue weighted by Crippen LogP contribution is -2.42. The minimum absolute atomic E-state index is 0.167. The number of rotatable bonds is 3. The van der Waals surface area contributed by atoms with Crippen molar-refractivity contribution >= 4 is 15.9 Å². The smallest absolute Gasteiger partial charge is 0.237 e. The van der Waals surface area contributed by atoms with Gasteiger partial charge in [-0.2, -0.15) is 0 Å². The Morgan fingerprint density at radius 1 is 1.33 bits per heavy atom. The first-order valence-electron chi connectivity index (χ1n) is 5.19. The average molecular weight is 234 g/mol. The molecule has 6 heteroatoms. The summed E-state index contributed by atoms with van der Waals surface area (Å²) < 4.78 is 25.0. The van der Waals surface area contributed by atoms with Gasteiger partial charge in [0, 0.05) is 5.92 Å². The number of carbonyl (C=O) groups is 1. The number of amides is 1. The van der Waals surface area contributed by atoms with Gasteiger partial charge in [0.15, 0.2) is 0 Å². The molecule has 0 aromatic carbocycles. The molecule has 88 valence electrons. The van der Waals surface area contributed by atoms with E-state index in [1.807, 2.05) is 0 Å². The Morgan fingerprint density at radius 2 is 1.87 bits per heavy atom. The lowest BCUT2D eigenvalue weighted by molar-refractivity contribution is -0.123. The summed E-state index contributed by atoms with van der Waals surface area (Å²) >= 11 is 0. The van der Waals surface area contributed by atoms with Crippen LogP contribution in [-0.2, 0) is 14.8 Å². The third-order valence-corrected chi connectivity index (χ3v) is 4.30. The molecule has 0 aliphatic carbocycles. The van der Waals surface area contributed by atoms with E-state index < -0.39 is 15.3 Å². The normalized spacial score (nSPS) is 19.1. The number of sulfonamides is 1. The maximum atomic E-state index is 11.6. The Kier molecular flexibility index (Phi) is 4.10. The second-order valence-electron chi connectivity index (χ2n) is 4.08. The molecule has 1 saturated heterocycles. The van der Waals surface area contributed by atoms with Crippen LogP contribution in [0, 0.1) is 5.92 Å².